The van der Waals surface area contributed by atoms with Gasteiger partial charge in [0.1, 0.15) is 11.0 Å². The van der Waals surface area contributed by atoms with Crippen LogP contribution in [0, 0.1) is 16.8 Å². The SMILES string of the molecule is COc1ccc([C@H]2c3sc(=S)[nH]c3S[C@@H]3C(=O)N(c4ccc(C)cc4)C(=O)[C@@H]23)cc1. The summed E-state index contributed by atoms with van der Waals surface area (Å²) >= 11 is 8.27. The highest BCUT2D eigenvalue weighted by atomic mass is 32.2. The smallest absolute Gasteiger partial charge is 0.248 e. The Labute approximate surface area is 187 Å². The molecular weight excluding hydrogens is 436 g/mol. The minimum absolute atomic E-state index is 0.160. The number of carbonyl (C=O) groups is 2. The molecular formula is C22H18N2O3S3. The molecule has 5 rings (SSSR count). The van der Waals surface area contributed by atoms with Crippen LogP contribution in [0.15, 0.2) is 53.6 Å². The van der Waals surface area contributed by atoms with E-state index in [9.17, 15) is 9.59 Å². The van der Waals surface area contributed by atoms with Crippen molar-refractivity contribution in [3.05, 3.63) is 68.5 Å². The molecule has 2 aliphatic heterocycles. The van der Waals surface area contributed by atoms with Crippen LogP contribution in [0.1, 0.15) is 21.9 Å². The number of nitrogens with zero attached hydrogens (tertiary/aromatic N) is 1. The van der Waals surface area contributed by atoms with Crippen LogP contribution in [0.3, 0.4) is 0 Å². The zero-order chi connectivity index (χ0) is 21.0. The fourth-order valence-corrected chi connectivity index (χ4v) is 7.10. The van der Waals surface area contributed by atoms with E-state index < -0.39 is 11.2 Å². The molecule has 3 atom stereocenters. The second-order valence-corrected chi connectivity index (χ2v) is 10.2. The van der Waals surface area contributed by atoms with E-state index in [1.807, 2.05) is 55.5 Å². The number of hydrogen-bond donors (Lipinski definition) is 1. The van der Waals surface area contributed by atoms with E-state index in [2.05, 4.69) is 4.98 Å². The number of nitrogens with one attached hydrogen (secondary N) is 1. The van der Waals surface area contributed by atoms with E-state index >= 15 is 0 Å². The third kappa shape index (κ3) is 3.02. The van der Waals surface area contributed by atoms with Crippen molar-refractivity contribution < 1.29 is 14.3 Å². The normalized spacial score (nSPS) is 22.7. The van der Waals surface area contributed by atoms with Gasteiger partial charge in [0.2, 0.25) is 11.8 Å². The third-order valence-electron chi connectivity index (χ3n) is 5.59. The van der Waals surface area contributed by atoms with Gasteiger partial charge in [-0.25, -0.2) is 4.90 Å². The molecule has 5 nitrogen and oxygen atoms in total. The lowest BCUT2D eigenvalue weighted by atomic mass is 9.83. The Bertz CT molecular complexity index is 1200. The zero-order valence-electron chi connectivity index (χ0n) is 16.2. The quantitative estimate of drug-likeness (QED) is 0.450. The number of imide groups is 1. The third-order valence-corrected chi connectivity index (χ3v) is 8.34. The van der Waals surface area contributed by atoms with Crippen LogP contribution in [-0.4, -0.2) is 29.2 Å². The Morgan fingerprint density at radius 3 is 2.40 bits per heavy atom. The number of rotatable bonds is 3. The number of fused-ring (bicyclic) bond motifs is 2. The molecule has 2 amide bonds. The fraction of sp³-hybridized carbons (Fsp3) is 0.227. The van der Waals surface area contributed by atoms with E-state index in [1.165, 1.54) is 28.0 Å². The van der Waals surface area contributed by atoms with Crippen LogP contribution in [0.5, 0.6) is 5.75 Å². The monoisotopic (exact) mass is 454 g/mol. The number of amides is 2. The number of thiazole rings is 1. The van der Waals surface area contributed by atoms with Gasteiger partial charge in [-0.1, -0.05) is 41.6 Å². The Morgan fingerprint density at radius 2 is 1.73 bits per heavy atom. The minimum atomic E-state index is -0.487. The lowest BCUT2D eigenvalue weighted by Gasteiger charge is -2.30. The van der Waals surface area contributed by atoms with Gasteiger partial charge in [-0.05, 0) is 49.0 Å². The Hall–Kier alpha value is -2.42. The summed E-state index contributed by atoms with van der Waals surface area (Å²) in [6.45, 7) is 1.98. The Kier molecular flexibility index (Phi) is 4.80. The Morgan fingerprint density at radius 1 is 1.03 bits per heavy atom. The fourth-order valence-electron chi connectivity index (χ4n) is 4.14. The van der Waals surface area contributed by atoms with E-state index in [0.717, 1.165) is 26.8 Å². The lowest BCUT2D eigenvalue weighted by Crippen LogP contribution is -2.32. The molecule has 0 radical (unpaired) electrons. The van der Waals surface area contributed by atoms with Gasteiger partial charge in [-0.3, -0.25) is 9.59 Å². The predicted octanol–water partition coefficient (Wildman–Crippen LogP) is 4.92. The molecule has 0 saturated carbocycles. The van der Waals surface area contributed by atoms with E-state index in [1.54, 1.807) is 7.11 Å². The van der Waals surface area contributed by atoms with Crippen molar-refractivity contribution in [3.8, 4) is 5.75 Å². The summed E-state index contributed by atoms with van der Waals surface area (Å²) in [4.78, 5) is 32.5. The first-order chi connectivity index (χ1) is 14.5. The highest BCUT2D eigenvalue weighted by Crippen LogP contribution is 2.54. The van der Waals surface area contributed by atoms with E-state index in [-0.39, 0.29) is 17.7 Å². The number of thioether (sulfide) groups is 1. The number of aryl methyl sites for hydroxylation is 1. The maximum absolute atomic E-state index is 13.6. The van der Waals surface area contributed by atoms with Gasteiger partial charge in [0.25, 0.3) is 0 Å². The van der Waals surface area contributed by atoms with Gasteiger partial charge in [-0.15, -0.1) is 11.3 Å². The molecule has 0 bridgehead atoms. The van der Waals surface area contributed by atoms with Gasteiger partial charge in [-0.2, -0.15) is 0 Å². The first-order valence-corrected chi connectivity index (χ1v) is 11.6. The predicted molar refractivity (Wildman–Crippen MR) is 121 cm³/mol. The average Bonchev–Trinajstić information content (AvgIpc) is 3.24. The number of aromatic nitrogens is 1. The first kappa shape index (κ1) is 19.5. The number of benzene rings is 2. The molecule has 0 spiro atoms. The van der Waals surface area contributed by atoms with Crippen LogP contribution in [0.2, 0.25) is 0 Å². The summed E-state index contributed by atoms with van der Waals surface area (Å²) < 4.78 is 5.94. The number of H-pyrrole nitrogens is 1. The summed E-state index contributed by atoms with van der Waals surface area (Å²) in [6, 6.07) is 15.2. The second-order valence-electron chi connectivity index (χ2n) is 7.37. The highest BCUT2D eigenvalue weighted by molar-refractivity contribution is 8.01. The summed E-state index contributed by atoms with van der Waals surface area (Å²) in [5.74, 6) is -0.300. The maximum Gasteiger partial charge on any atom is 0.248 e. The summed E-state index contributed by atoms with van der Waals surface area (Å²) in [5.41, 5.74) is 2.68. The van der Waals surface area contributed by atoms with E-state index in [0.29, 0.717) is 9.64 Å². The molecule has 8 heteroatoms. The minimum Gasteiger partial charge on any atom is -0.497 e. The standard InChI is InChI=1S/C22H18N2O3S3/c1-11-3-7-13(8-4-11)24-20(25)16-15(12-5-9-14(27-2)10-6-12)17-19(23-22(28)30-17)29-18(16)21(24)26/h3-10,15-16,18H,1-2H3,(H,23,28)/t15-,16+,18+/m1/s1. The van der Waals surface area contributed by atoms with Crippen molar-refractivity contribution in [1.29, 1.82) is 0 Å². The lowest BCUT2D eigenvalue weighted by molar-refractivity contribution is -0.122. The molecule has 3 aromatic rings. The molecule has 30 heavy (non-hydrogen) atoms. The summed E-state index contributed by atoms with van der Waals surface area (Å²) in [6.07, 6.45) is 0. The van der Waals surface area contributed by atoms with Gasteiger partial charge in [0, 0.05) is 10.8 Å². The number of ether oxygens (including phenoxy) is 1. The molecule has 1 saturated heterocycles. The molecule has 1 fully saturated rings. The maximum atomic E-state index is 13.6. The zero-order valence-corrected chi connectivity index (χ0v) is 18.7. The van der Waals surface area contributed by atoms with Crippen molar-refractivity contribution in [2.45, 2.75) is 23.1 Å². The number of aromatic amines is 1. The van der Waals surface area contributed by atoms with Gasteiger partial charge in [0.15, 0.2) is 3.95 Å². The molecule has 1 aromatic heterocycles. The van der Waals surface area contributed by atoms with Crippen LogP contribution in [0.25, 0.3) is 0 Å². The number of methoxy groups -OCH3 is 1. The van der Waals surface area contributed by atoms with Crippen LogP contribution in [-0.2, 0) is 9.59 Å². The highest BCUT2D eigenvalue weighted by Gasteiger charge is 2.56. The molecule has 2 aromatic carbocycles. The van der Waals surface area contributed by atoms with E-state index in [4.69, 9.17) is 17.0 Å². The topological polar surface area (TPSA) is 62.4 Å². The Balaban J connectivity index is 1.63. The van der Waals surface area contributed by atoms with Crippen LogP contribution < -0.4 is 9.64 Å². The van der Waals surface area contributed by atoms with Gasteiger partial charge >= 0.3 is 0 Å². The summed E-state index contributed by atoms with van der Waals surface area (Å²) in [7, 11) is 1.62. The van der Waals surface area contributed by atoms with Crippen molar-refractivity contribution >= 4 is 52.8 Å². The van der Waals surface area contributed by atoms with Crippen molar-refractivity contribution in [2.24, 2.45) is 5.92 Å². The molecule has 0 aliphatic carbocycles. The number of hydrogen-bond acceptors (Lipinski definition) is 6. The van der Waals surface area contributed by atoms with Crippen molar-refractivity contribution in [3.63, 3.8) is 0 Å². The molecule has 2 aliphatic rings. The average molecular weight is 455 g/mol. The first-order valence-electron chi connectivity index (χ1n) is 9.46. The molecule has 0 unspecified atom stereocenters. The molecule has 152 valence electrons. The van der Waals surface area contributed by atoms with Crippen LogP contribution in [0.4, 0.5) is 5.69 Å². The van der Waals surface area contributed by atoms with Crippen molar-refractivity contribution in [1.82, 2.24) is 4.98 Å². The van der Waals surface area contributed by atoms with Crippen molar-refractivity contribution in [2.75, 3.05) is 12.0 Å². The summed E-state index contributed by atoms with van der Waals surface area (Å²) in [5, 5.41) is 0.401. The number of anilines is 1. The second kappa shape index (κ2) is 7.37. The molecule has 1 N–H and O–H groups in total. The van der Waals surface area contributed by atoms with Gasteiger partial charge in [0.05, 0.1) is 23.7 Å². The molecule has 3 heterocycles. The van der Waals surface area contributed by atoms with Gasteiger partial charge < -0.3 is 9.72 Å². The van der Waals surface area contributed by atoms with Crippen LogP contribution >= 0.6 is 35.3 Å². The number of carbonyl (C=O) groups excluding carboxylic acids is 2. The largest absolute Gasteiger partial charge is 0.497 e.